The van der Waals surface area contributed by atoms with Crippen molar-refractivity contribution in [3.63, 3.8) is 0 Å². The minimum Gasteiger partial charge on any atom is -0.490 e. The number of alkyl halides is 3. The van der Waals surface area contributed by atoms with E-state index in [9.17, 15) is 26.4 Å². The highest BCUT2D eigenvalue weighted by molar-refractivity contribution is 7.90. The zero-order valence-corrected chi connectivity index (χ0v) is 18.9. The third-order valence-electron chi connectivity index (χ3n) is 5.52. The summed E-state index contributed by atoms with van der Waals surface area (Å²) in [4.78, 5) is 16.4. The van der Waals surface area contributed by atoms with Crippen LogP contribution in [0.2, 0.25) is 0 Å². The van der Waals surface area contributed by atoms with Crippen molar-refractivity contribution in [2.45, 2.75) is 36.4 Å². The largest absolute Gasteiger partial charge is 0.490 e. The van der Waals surface area contributed by atoms with Crippen LogP contribution in [0, 0.1) is 0 Å². The van der Waals surface area contributed by atoms with E-state index in [0.717, 1.165) is 31.6 Å². The predicted molar refractivity (Wildman–Crippen MR) is 120 cm³/mol. The number of nitrogens with one attached hydrogen (secondary N) is 1. The van der Waals surface area contributed by atoms with Gasteiger partial charge in [-0.15, -0.1) is 0 Å². The summed E-state index contributed by atoms with van der Waals surface area (Å²) in [5.74, 6) is -0.282. The first-order valence-electron chi connectivity index (χ1n) is 10.5. The Morgan fingerprint density at radius 2 is 1.82 bits per heavy atom. The van der Waals surface area contributed by atoms with E-state index in [0.29, 0.717) is 29.0 Å². The van der Waals surface area contributed by atoms with Crippen LogP contribution in [-0.4, -0.2) is 31.7 Å². The van der Waals surface area contributed by atoms with Crippen molar-refractivity contribution in [1.29, 1.82) is 0 Å². The Labute approximate surface area is 194 Å². The van der Waals surface area contributed by atoms with Crippen LogP contribution in [0.15, 0.2) is 65.8 Å². The number of ether oxygens (including phenoxy) is 1. The Morgan fingerprint density at radius 3 is 2.47 bits per heavy atom. The normalized spacial score (nSPS) is 14.4. The van der Waals surface area contributed by atoms with Gasteiger partial charge >= 0.3 is 6.18 Å². The molecule has 1 heterocycles. The first-order chi connectivity index (χ1) is 16.0. The first kappa shape index (κ1) is 23.7. The molecule has 10 heteroatoms. The van der Waals surface area contributed by atoms with E-state index in [1.165, 1.54) is 12.4 Å². The van der Waals surface area contributed by atoms with Gasteiger partial charge in [-0.25, -0.2) is 8.42 Å². The molecule has 0 spiro atoms. The minimum absolute atomic E-state index is 0.112. The third kappa shape index (κ3) is 5.22. The summed E-state index contributed by atoms with van der Waals surface area (Å²) in [5, 5.41) is 2.57. The Balaban J connectivity index is 1.70. The van der Waals surface area contributed by atoms with Crippen LogP contribution in [0.3, 0.4) is 0 Å². The molecule has 1 fully saturated rings. The monoisotopic (exact) mass is 490 g/mol. The second-order valence-corrected chi connectivity index (χ2v) is 10.1. The molecule has 0 unspecified atom stereocenters. The fraction of sp³-hybridized carbons (Fsp3) is 0.250. The number of aromatic nitrogens is 1. The minimum atomic E-state index is -4.83. The number of rotatable bonds is 6. The number of carbonyl (C=O) groups is 1. The summed E-state index contributed by atoms with van der Waals surface area (Å²) in [6.07, 6.45) is 1.96. The number of hydrogen-bond donors (Lipinski definition) is 1. The van der Waals surface area contributed by atoms with E-state index in [4.69, 9.17) is 4.74 Å². The lowest BCUT2D eigenvalue weighted by Crippen LogP contribution is -2.24. The number of carbonyl (C=O) groups excluding carboxylic acids is 1. The van der Waals surface area contributed by atoms with Gasteiger partial charge in [-0.05, 0) is 49.6 Å². The van der Waals surface area contributed by atoms with Gasteiger partial charge in [0, 0.05) is 29.1 Å². The van der Waals surface area contributed by atoms with Crippen molar-refractivity contribution in [1.82, 2.24) is 4.98 Å². The van der Waals surface area contributed by atoms with Gasteiger partial charge in [-0.3, -0.25) is 9.78 Å². The molecule has 1 N–H and O–H groups in total. The van der Waals surface area contributed by atoms with E-state index in [-0.39, 0.29) is 11.8 Å². The van der Waals surface area contributed by atoms with Gasteiger partial charge in [0.25, 0.3) is 5.91 Å². The van der Waals surface area contributed by atoms with Crippen LogP contribution in [0.5, 0.6) is 5.75 Å². The molecule has 1 amide bonds. The molecule has 4 rings (SSSR count). The molecule has 1 aliphatic carbocycles. The molecular formula is C24H21F3N2O4S. The van der Waals surface area contributed by atoms with E-state index in [2.05, 4.69) is 10.3 Å². The number of anilines is 1. The lowest BCUT2D eigenvalue weighted by Gasteiger charge is -2.27. The number of nitrogens with zero attached hydrogens (tertiary/aromatic N) is 1. The summed E-state index contributed by atoms with van der Waals surface area (Å²) in [6.45, 7) is 0. The van der Waals surface area contributed by atoms with Crippen LogP contribution < -0.4 is 10.1 Å². The Hall–Kier alpha value is -3.40. The summed E-state index contributed by atoms with van der Waals surface area (Å²) in [6, 6.07) is 11.0. The van der Waals surface area contributed by atoms with Crippen molar-refractivity contribution in [2.75, 3.05) is 11.6 Å². The fourth-order valence-corrected chi connectivity index (χ4v) is 4.17. The molecule has 0 bridgehead atoms. The van der Waals surface area contributed by atoms with Gasteiger partial charge in [0.05, 0.1) is 28.4 Å². The van der Waals surface area contributed by atoms with Crippen molar-refractivity contribution in [3.05, 3.63) is 72.1 Å². The molecule has 2 aromatic carbocycles. The highest BCUT2D eigenvalue weighted by atomic mass is 32.2. The van der Waals surface area contributed by atoms with E-state index >= 15 is 0 Å². The third-order valence-corrected chi connectivity index (χ3v) is 6.61. The van der Waals surface area contributed by atoms with Crippen LogP contribution in [0.25, 0.3) is 11.1 Å². The second kappa shape index (κ2) is 9.09. The number of sulfone groups is 1. The zero-order chi connectivity index (χ0) is 24.5. The van der Waals surface area contributed by atoms with Crippen molar-refractivity contribution in [2.24, 2.45) is 0 Å². The van der Waals surface area contributed by atoms with E-state index < -0.39 is 37.9 Å². The highest BCUT2D eigenvalue weighted by Gasteiger charge is 2.33. The molecule has 3 aromatic rings. The average molecular weight is 491 g/mol. The Morgan fingerprint density at radius 1 is 1.09 bits per heavy atom. The lowest BCUT2D eigenvalue weighted by atomic mass is 9.96. The molecule has 178 valence electrons. The average Bonchev–Trinajstić information content (AvgIpc) is 2.75. The summed E-state index contributed by atoms with van der Waals surface area (Å²) in [7, 11) is -3.99. The number of pyridine rings is 1. The number of hydrogen-bond acceptors (Lipinski definition) is 5. The maximum Gasteiger partial charge on any atom is 0.416 e. The molecule has 1 saturated carbocycles. The topological polar surface area (TPSA) is 85.4 Å². The smallest absolute Gasteiger partial charge is 0.416 e. The molecule has 34 heavy (non-hydrogen) atoms. The number of halogens is 3. The number of amides is 1. The molecule has 0 radical (unpaired) electrons. The van der Waals surface area contributed by atoms with Gasteiger partial charge in [0.15, 0.2) is 9.84 Å². The summed E-state index contributed by atoms with van der Waals surface area (Å²) in [5.41, 5.74) is -0.174. The molecule has 0 aliphatic heterocycles. The van der Waals surface area contributed by atoms with Crippen LogP contribution in [0.1, 0.15) is 35.2 Å². The van der Waals surface area contributed by atoms with Gasteiger partial charge < -0.3 is 10.1 Å². The van der Waals surface area contributed by atoms with E-state index in [1.807, 2.05) is 18.2 Å². The zero-order valence-electron chi connectivity index (χ0n) is 18.1. The summed E-state index contributed by atoms with van der Waals surface area (Å²) >= 11 is 0. The maximum atomic E-state index is 13.3. The molecule has 1 aromatic heterocycles. The van der Waals surface area contributed by atoms with E-state index in [1.54, 1.807) is 12.1 Å². The standard InChI is InChI=1S/C24H21F3N2O4S/c1-34(31,32)18-12-15(11-16(13-18)24(25,26)27)23(30)29-21-14-28-10-9-19(21)20-7-2-3-8-22(20)33-17-5-4-6-17/h2-3,7-14,17H,4-6H2,1H3,(H,29,30). The number of para-hydroxylation sites is 1. The van der Waals surface area contributed by atoms with Crippen molar-refractivity contribution >= 4 is 21.4 Å². The molecule has 0 saturated heterocycles. The van der Waals surface area contributed by atoms with Gasteiger partial charge in [-0.2, -0.15) is 13.2 Å². The lowest BCUT2D eigenvalue weighted by molar-refractivity contribution is -0.137. The van der Waals surface area contributed by atoms with Crippen molar-refractivity contribution in [3.8, 4) is 16.9 Å². The van der Waals surface area contributed by atoms with Gasteiger partial charge in [-0.1, -0.05) is 18.2 Å². The maximum absolute atomic E-state index is 13.3. The SMILES string of the molecule is CS(=O)(=O)c1cc(C(=O)Nc2cnccc2-c2ccccc2OC2CCC2)cc(C(F)(F)F)c1. The van der Waals surface area contributed by atoms with Gasteiger partial charge in [0.1, 0.15) is 5.75 Å². The molecule has 0 atom stereocenters. The molecule has 1 aliphatic rings. The Kier molecular flexibility index (Phi) is 6.35. The Bertz CT molecular complexity index is 1340. The van der Waals surface area contributed by atoms with Crippen LogP contribution >= 0.6 is 0 Å². The highest BCUT2D eigenvalue weighted by Crippen LogP contribution is 2.37. The first-order valence-corrected chi connectivity index (χ1v) is 12.4. The van der Waals surface area contributed by atoms with Gasteiger partial charge in [0.2, 0.25) is 0 Å². The van der Waals surface area contributed by atoms with Crippen LogP contribution in [0.4, 0.5) is 18.9 Å². The molecular weight excluding hydrogens is 469 g/mol. The predicted octanol–water partition coefficient (Wildman–Crippen LogP) is 5.35. The van der Waals surface area contributed by atoms with Crippen molar-refractivity contribution < 1.29 is 31.1 Å². The quantitative estimate of drug-likeness (QED) is 0.503. The fourth-order valence-electron chi connectivity index (χ4n) is 3.49. The second-order valence-electron chi connectivity index (χ2n) is 8.06. The van der Waals surface area contributed by atoms with Crippen LogP contribution in [-0.2, 0) is 16.0 Å². The number of benzene rings is 2. The summed E-state index contributed by atoms with van der Waals surface area (Å²) < 4.78 is 69.9. The molecule has 6 nitrogen and oxygen atoms in total.